The van der Waals surface area contributed by atoms with E-state index in [0.717, 1.165) is 12.1 Å². The van der Waals surface area contributed by atoms with Gasteiger partial charge < -0.3 is 0 Å². The normalized spacial score (nSPS) is 12.0. The second kappa shape index (κ2) is 6.79. The van der Waals surface area contributed by atoms with Crippen LogP contribution in [-0.4, -0.2) is 21.4 Å². The third kappa shape index (κ3) is 4.21. The molecule has 7 heteroatoms. The maximum Gasteiger partial charge on any atom is 0.416 e. The second-order valence-electron chi connectivity index (χ2n) is 4.50. The summed E-state index contributed by atoms with van der Waals surface area (Å²) in [5, 5.41) is 4.02. The van der Waals surface area contributed by atoms with Gasteiger partial charge in [-0.2, -0.15) is 18.3 Å². The minimum absolute atomic E-state index is 0.0146. The molecule has 2 rings (SSSR count). The Kier molecular flexibility index (Phi) is 5.03. The molecule has 0 fully saturated rings. The van der Waals surface area contributed by atoms with Crippen molar-refractivity contribution in [3.63, 3.8) is 0 Å². The predicted octanol–water partition coefficient (Wildman–Crippen LogP) is 4.04. The molecule has 2 aromatic rings. The molecule has 0 bridgehead atoms. The summed E-state index contributed by atoms with van der Waals surface area (Å²) < 4.78 is 39.4. The molecule has 1 aromatic heterocycles. The summed E-state index contributed by atoms with van der Waals surface area (Å²) in [5.74, 6) is -0.0928. The smallest absolute Gasteiger partial charge is 0.289 e. The van der Waals surface area contributed by atoms with E-state index in [1.807, 2.05) is 0 Å². The second-order valence-corrected chi connectivity index (χ2v) is 4.88. The molecule has 0 aliphatic rings. The number of carbonyl (C=O) groups excluding carboxylic acids is 1. The molecule has 0 N–H and O–H groups in total. The molecule has 3 nitrogen and oxygen atoms in total. The van der Waals surface area contributed by atoms with Crippen LogP contribution in [0.15, 0.2) is 42.7 Å². The fourth-order valence-electron chi connectivity index (χ4n) is 1.79. The quantitative estimate of drug-likeness (QED) is 0.472. The lowest BCUT2D eigenvalue weighted by molar-refractivity contribution is -0.137. The maximum absolute atomic E-state index is 12.6. The van der Waals surface area contributed by atoms with Crippen molar-refractivity contribution in [2.24, 2.45) is 0 Å². The largest absolute Gasteiger partial charge is 0.416 e. The maximum atomic E-state index is 12.6. The average molecular weight is 329 g/mol. The van der Waals surface area contributed by atoms with E-state index in [1.54, 1.807) is 17.1 Å². The Morgan fingerprint density at radius 1 is 1.36 bits per heavy atom. The number of rotatable bonds is 5. The Bertz CT molecular complexity index is 692. The number of carbonyl (C=O) groups is 1. The zero-order valence-corrected chi connectivity index (χ0v) is 12.1. The van der Waals surface area contributed by atoms with Crippen LogP contribution in [0.4, 0.5) is 13.2 Å². The Morgan fingerprint density at radius 3 is 2.82 bits per heavy atom. The lowest BCUT2D eigenvalue weighted by Gasteiger charge is -2.06. The molecular weight excluding hydrogens is 317 g/mol. The van der Waals surface area contributed by atoms with E-state index in [1.165, 1.54) is 24.3 Å². The van der Waals surface area contributed by atoms with Gasteiger partial charge in [0.15, 0.2) is 5.78 Å². The third-order valence-corrected chi connectivity index (χ3v) is 3.04. The summed E-state index contributed by atoms with van der Waals surface area (Å²) in [4.78, 5) is 11.9. The molecule has 0 unspecified atom stereocenters. The Balaban J connectivity index is 2.13. The molecular formula is C15H12ClF3N2O. The van der Waals surface area contributed by atoms with Gasteiger partial charge in [-0.1, -0.05) is 12.1 Å². The first-order valence-corrected chi connectivity index (χ1v) is 6.91. The fourth-order valence-corrected chi connectivity index (χ4v) is 1.96. The van der Waals surface area contributed by atoms with Gasteiger partial charge in [-0.15, -0.1) is 11.6 Å². The summed E-state index contributed by atoms with van der Waals surface area (Å²) in [5.41, 5.74) is -0.189. The number of aromatic nitrogens is 2. The van der Waals surface area contributed by atoms with Crippen LogP contribution < -0.4 is 0 Å². The topological polar surface area (TPSA) is 34.9 Å². The predicted molar refractivity (Wildman–Crippen MR) is 77.8 cm³/mol. The van der Waals surface area contributed by atoms with E-state index in [0.29, 0.717) is 18.0 Å². The van der Waals surface area contributed by atoms with Gasteiger partial charge in [0.2, 0.25) is 0 Å². The molecule has 1 heterocycles. The van der Waals surface area contributed by atoms with Crippen LogP contribution >= 0.6 is 11.6 Å². The highest BCUT2D eigenvalue weighted by Gasteiger charge is 2.30. The Morgan fingerprint density at radius 2 is 2.14 bits per heavy atom. The summed E-state index contributed by atoms with van der Waals surface area (Å²) in [7, 11) is 0. The van der Waals surface area contributed by atoms with Crippen LogP contribution in [0.1, 0.15) is 21.5 Å². The van der Waals surface area contributed by atoms with Crippen LogP contribution in [0.5, 0.6) is 0 Å². The average Bonchev–Trinajstić information content (AvgIpc) is 2.92. The molecule has 0 atom stereocenters. The van der Waals surface area contributed by atoms with Crippen molar-refractivity contribution in [1.29, 1.82) is 0 Å². The van der Waals surface area contributed by atoms with E-state index in [-0.39, 0.29) is 5.56 Å². The molecule has 0 saturated carbocycles. The van der Waals surface area contributed by atoms with Crippen molar-refractivity contribution in [3.8, 4) is 0 Å². The van der Waals surface area contributed by atoms with Gasteiger partial charge in [-0.05, 0) is 24.3 Å². The standard InChI is InChI=1S/C15H12ClF3N2O/c16-6-7-21-10-11(9-20-21)4-5-14(22)12-2-1-3-13(8-12)15(17,18)19/h1-5,8-10H,6-7H2/b5-4+. The van der Waals surface area contributed by atoms with Gasteiger partial charge >= 0.3 is 6.18 Å². The van der Waals surface area contributed by atoms with Gasteiger partial charge in [-0.25, -0.2) is 0 Å². The molecule has 0 amide bonds. The van der Waals surface area contributed by atoms with Gasteiger partial charge in [0, 0.05) is 23.2 Å². The first-order valence-electron chi connectivity index (χ1n) is 6.38. The summed E-state index contributed by atoms with van der Waals surface area (Å²) in [6, 6.07) is 4.32. The SMILES string of the molecule is O=C(/C=C/c1cnn(CCCl)c1)c1cccc(C(F)(F)F)c1. The van der Waals surface area contributed by atoms with Gasteiger partial charge in [0.25, 0.3) is 0 Å². The minimum atomic E-state index is -4.47. The van der Waals surface area contributed by atoms with E-state index in [9.17, 15) is 18.0 Å². The highest BCUT2D eigenvalue weighted by atomic mass is 35.5. The van der Waals surface area contributed by atoms with E-state index < -0.39 is 17.5 Å². The molecule has 0 spiro atoms. The van der Waals surface area contributed by atoms with Crippen LogP contribution in [0.3, 0.4) is 0 Å². The van der Waals surface area contributed by atoms with E-state index in [2.05, 4.69) is 5.10 Å². The molecule has 0 aliphatic carbocycles. The third-order valence-electron chi connectivity index (χ3n) is 2.87. The minimum Gasteiger partial charge on any atom is -0.289 e. The molecule has 0 saturated heterocycles. The first kappa shape index (κ1) is 16.3. The summed E-state index contributed by atoms with van der Waals surface area (Å²) >= 11 is 5.58. The number of benzene rings is 1. The Hall–Kier alpha value is -2.08. The number of hydrogen-bond donors (Lipinski definition) is 0. The van der Waals surface area contributed by atoms with Crippen molar-refractivity contribution >= 4 is 23.5 Å². The number of ketones is 1. The van der Waals surface area contributed by atoms with Gasteiger partial charge in [0.1, 0.15) is 0 Å². The molecule has 0 aliphatic heterocycles. The molecule has 1 aromatic carbocycles. The zero-order valence-electron chi connectivity index (χ0n) is 11.3. The van der Waals surface area contributed by atoms with Crippen molar-refractivity contribution in [2.45, 2.75) is 12.7 Å². The highest BCUT2D eigenvalue weighted by molar-refractivity contribution is 6.17. The monoisotopic (exact) mass is 328 g/mol. The number of aryl methyl sites for hydroxylation is 1. The number of alkyl halides is 4. The van der Waals surface area contributed by atoms with Crippen LogP contribution in [0, 0.1) is 0 Å². The van der Waals surface area contributed by atoms with Crippen LogP contribution in [0.25, 0.3) is 6.08 Å². The number of hydrogen-bond acceptors (Lipinski definition) is 2. The van der Waals surface area contributed by atoms with E-state index in [4.69, 9.17) is 11.6 Å². The highest BCUT2D eigenvalue weighted by Crippen LogP contribution is 2.29. The van der Waals surface area contributed by atoms with Crippen LogP contribution in [0.2, 0.25) is 0 Å². The zero-order chi connectivity index (χ0) is 16.2. The molecule has 0 radical (unpaired) electrons. The Labute approximate surface area is 130 Å². The van der Waals surface area contributed by atoms with Crippen molar-refractivity contribution < 1.29 is 18.0 Å². The van der Waals surface area contributed by atoms with E-state index >= 15 is 0 Å². The van der Waals surface area contributed by atoms with Crippen molar-refractivity contribution in [1.82, 2.24) is 9.78 Å². The van der Waals surface area contributed by atoms with Gasteiger partial charge in [-0.3, -0.25) is 9.48 Å². The summed E-state index contributed by atoms with van der Waals surface area (Å²) in [6.07, 6.45) is 1.49. The number of nitrogens with zero attached hydrogens (tertiary/aromatic N) is 2. The first-order chi connectivity index (χ1) is 10.4. The van der Waals surface area contributed by atoms with Crippen molar-refractivity contribution in [2.75, 3.05) is 5.88 Å². The van der Waals surface area contributed by atoms with Crippen molar-refractivity contribution in [3.05, 3.63) is 59.4 Å². The number of allylic oxidation sites excluding steroid dienone is 1. The molecule has 116 valence electrons. The summed E-state index contributed by atoms with van der Waals surface area (Å²) in [6.45, 7) is 0.539. The van der Waals surface area contributed by atoms with Crippen LogP contribution in [-0.2, 0) is 12.7 Å². The lowest BCUT2D eigenvalue weighted by Crippen LogP contribution is -2.06. The lowest BCUT2D eigenvalue weighted by atomic mass is 10.1. The van der Waals surface area contributed by atoms with Gasteiger partial charge in [0.05, 0.1) is 18.3 Å². The fraction of sp³-hybridized carbons (Fsp3) is 0.200. The number of halogens is 4. The molecule has 22 heavy (non-hydrogen) atoms.